The molecule has 0 aromatic carbocycles. The van der Waals surface area contributed by atoms with Gasteiger partial charge in [0, 0.05) is 12.2 Å². The van der Waals surface area contributed by atoms with Gasteiger partial charge in [0.25, 0.3) is 5.91 Å². The first-order chi connectivity index (χ1) is 7.99. The highest BCUT2D eigenvalue weighted by Crippen LogP contribution is 2.31. The van der Waals surface area contributed by atoms with E-state index < -0.39 is 0 Å². The van der Waals surface area contributed by atoms with Crippen LogP contribution in [0.5, 0.6) is 0 Å². The van der Waals surface area contributed by atoms with Crippen LogP contribution in [0.2, 0.25) is 0 Å². The third kappa shape index (κ3) is 2.21. The van der Waals surface area contributed by atoms with Crippen molar-refractivity contribution in [3.63, 3.8) is 0 Å². The predicted molar refractivity (Wildman–Crippen MR) is 69.2 cm³/mol. The molecule has 0 aliphatic carbocycles. The smallest absolute Gasteiger partial charge is 0.263 e. The average Bonchev–Trinajstić information content (AvgIpc) is 2.54. The van der Waals surface area contributed by atoms with Crippen LogP contribution in [-0.4, -0.2) is 21.9 Å². The first kappa shape index (κ1) is 11.8. The zero-order valence-electron chi connectivity index (χ0n) is 9.94. The highest BCUT2D eigenvalue weighted by atomic mass is 32.1. The van der Waals surface area contributed by atoms with Gasteiger partial charge in [0.2, 0.25) is 0 Å². The van der Waals surface area contributed by atoms with Gasteiger partial charge in [-0.2, -0.15) is 0 Å². The number of anilines is 1. The Morgan fingerprint density at radius 1 is 1.53 bits per heavy atom. The van der Waals surface area contributed by atoms with Crippen LogP contribution in [0.3, 0.4) is 0 Å². The molecule has 0 saturated heterocycles. The fraction of sp³-hybridized carbons (Fsp3) is 0.364. The van der Waals surface area contributed by atoms with Crippen molar-refractivity contribution in [3.8, 4) is 0 Å². The van der Waals surface area contributed by atoms with E-state index in [0.29, 0.717) is 16.4 Å². The number of nitrogens with two attached hydrogens (primary N) is 1. The van der Waals surface area contributed by atoms with Gasteiger partial charge in [0.15, 0.2) is 0 Å². The molecule has 3 N–H and O–H groups in total. The largest absolute Gasteiger partial charge is 0.397 e. The second kappa shape index (κ2) is 4.29. The number of hydrogen-bond acceptors (Lipinski definition) is 5. The molecule has 2 heterocycles. The zero-order valence-corrected chi connectivity index (χ0v) is 10.8. The topological polar surface area (TPSA) is 80.9 Å². The Labute approximate surface area is 103 Å². The summed E-state index contributed by atoms with van der Waals surface area (Å²) in [7, 11) is 0. The second-order valence-electron chi connectivity index (χ2n) is 4.11. The maximum absolute atomic E-state index is 11.9. The maximum atomic E-state index is 11.9. The minimum Gasteiger partial charge on any atom is -0.397 e. The molecule has 17 heavy (non-hydrogen) atoms. The van der Waals surface area contributed by atoms with Crippen LogP contribution in [0.1, 0.15) is 29.3 Å². The summed E-state index contributed by atoms with van der Waals surface area (Å²) >= 11 is 1.30. The third-order valence-electron chi connectivity index (χ3n) is 2.23. The van der Waals surface area contributed by atoms with Crippen molar-refractivity contribution in [1.82, 2.24) is 15.3 Å². The molecule has 0 spiro atoms. The van der Waals surface area contributed by atoms with Crippen LogP contribution >= 0.6 is 11.3 Å². The summed E-state index contributed by atoms with van der Waals surface area (Å²) in [5.74, 6) is 0.521. The summed E-state index contributed by atoms with van der Waals surface area (Å²) < 4.78 is 0. The fourth-order valence-corrected chi connectivity index (χ4v) is 2.50. The van der Waals surface area contributed by atoms with Gasteiger partial charge in [-0.05, 0) is 20.8 Å². The molecule has 0 aliphatic rings. The molecule has 0 bridgehead atoms. The van der Waals surface area contributed by atoms with Gasteiger partial charge < -0.3 is 11.1 Å². The first-order valence-corrected chi connectivity index (χ1v) is 6.13. The maximum Gasteiger partial charge on any atom is 0.263 e. The second-order valence-corrected chi connectivity index (χ2v) is 5.11. The van der Waals surface area contributed by atoms with Crippen molar-refractivity contribution in [2.75, 3.05) is 5.73 Å². The summed E-state index contributed by atoms with van der Waals surface area (Å²) in [6.45, 7) is 5.62. The van der Waals surface area contributed by atoms with Crippen LogP contribution in [-0.2, 0) is 0 Å². The number of aromatic nitrogens is 2. The van der Waals surface area contributed by atoms with Crippen molar-refractivity contribution >= 4 is 33.1 Å². The lowest BCUT2D eigenvalue weighted by atomic mass is 10.3. The Bertz CT molecular complexity index is 576. The van der Waals surface area contributed by atoms with Crippen LogP contribution < -0.4 is 11.1 Å². The SMILES string of the molecule is Cc1ncc2c(N)c(C(=O)NC(C)C)sc2n1. The highest BCUT2D eigenvalue weighted by molar-refractivity contribution is 7.21. The van der Waals surface area contributed by atoms with Crippen LogP contribution in [0, 0.1) is 6.92 Å². The number of thiophene rings is 1. The lowest BCUT2D eigenvalue weighted by molar-refractivity contribution is 0.0948. The monoisotopic (exact) mass is 250 g/mol. The molecule has 1 amide bonds. The number of nitrogens with zero attached hydrogens (tertiary/aromatic N) is 2. The molecule has 90 valence electrons. The van der Waals surface area contributed by atoms with Crippen LogP contribution in [0.4, 0.5) is 5.69 Å². The normalized spacial score (nSPS) is 11.1. The summed E-state index contributed by atoms with van der Waals surface area (Å²) in [5.41, 5.74) is 6.40. The Morgan fingerprint density at radius 3 is 2.88 bits per heavy atom. The number of carbonyl (C=O) groups is 1. The number of rotatable bonds is 2. The van der Waals surface area contributed by atoms with Gasteiger partial charge >= 0.3 is 0 Å². The van der Waals surface area contributed by atoms with Gasteiger partial charge in [-0.15, -0.1) is 11.3 Å². The van der Waals surface area contributed by atoms with Gasteiger partial charge in [-0.3, -0.25) is 4.79 Å². The minimum absolute atomic E-state index is 0.0833. The van der Waals surface area contributed by atoms with E-state index in [9.17, 15) is 4.79 Å². The number of nitrogen functional groups attached to an aromatic ring is 1. The molecule has 0 unspecified atom stereocenters. The molecule has 0 saturated carbocycles. The van der Waals surface area contributed by atoms with Crippen molar-refractivity contribution in [2.45, 2.75) is 26.8 Å². The molecular weight excluding hydrogens is 236 g/mol. The lowest BCUT2D eigenvalue weighted by Gasteiger charge is -2.06. The van der Waals surface area contributed by atoms with E-state index in [1.165, 1.54) is 11.3 Å². The van der Waals surface area contributed by atoms with Crippen molar-refractivity contribution in [1.29, 1.82) is 0 Å². The van der Waals surface area contributed by atoms with E-state index in [2.05, 4.69) is 15.3 Å². The molecule has 0 fully saturated rings. The van der Waals surface area contributed by atoms with E-state index >= 15 is 0 Å². The van der Waals surface area contributed by atoms with Crippen molar-refractivity contribution in [2.24, 2.45) is 0 Å². The minimum atomic E-state index is -0.154. The number of nitrogens with one attached hydrogen (secondary N) is 1. The molecule has 0 aliphatic heterocycles. The molecular formula is C11H14N4OS. The standard InChI is InChI=1S/C11H14N4OS/c1-5(2)14-10(16)9-8(12)7-4-13-6(3)15-11(7)17-9/h4-5H,12H2,1-3H3,(H,14,16). The van der Waals surface area contributed by atoms with E-state index in [1.807, 2.05) is 20.8 Å². The van der Waals surface area contributed by atoms with E-state index in [0.717, 1.165) is 10.2 Å². The Hall–Kier alpha value is -1.69. The summed E-state index contributed by atoms with van der Waals surface area (Å²) in [5, 5.41) is 3.56. The zero-order chi connectivity index (χ0) is 12.6. The first-order valence-electron chi connectivity index (χ1n) is 5.31. The molecule has 2 aromatic heterocycles. The number of fused-ring (bicyclic) bond motifs is 1. The van der Waals surface area contributed by atoms with Gasteiger partial charge in [-0.1, -0.05) is 0 Å². The van der Waals surface area contributed by atoms with Gasteiger partial charge in [-0.25, -0.2) is 9.97 Å². The third-order valence-corrected chi connectivity index (χ3v) is 3.35. The van der Waals surface area contributed by atoms with E-state index in [1.54, 1.807) is 6.20 Å². The molecule has 0 atom stereocenters. The van der Waals surface area contributed by atoms with Gasteiger partial charge in [0.05, 0.1) is 11.1 Å². The Morgan fingerprint density at radius 2 is 2.24 bits per heavy atom. The summed E-state index contributed by atoms with van der Waals surface area (Å²) in [6.07, 6.45) is 1.66. The van der Waals surface area contributed by atoms with Gasteiger partial charge in [0.1, 0.15) is 15.5 Å². The van der Waals surface area contributed by atoms with E-state index in [4.69, 9.17) is 5.73 Å². The number of carbonyl (C=O) groups excluding carboxylic acids is 1. The molecule has 0 radical (unpaired) electrons. The Kier molecular flexibility index (Phi) is 2.97. The summed E-state index contributed by atoms with van der Waals surface area (Å²) in [4.78, 5) is 21.5. The van der Waals surface area contributed by atoms with E-state index in [-0.39, 0.29) is 11.9 Å². The highest BCUT2D eigenvalue weighted by Gasteiger charge is 2.17. The molecule has 2 rings (SSSR count). The lowest BCUT2D eigenvalue weighted by Crippen LogP contribution is -2.29. The average molecular weight is 250 g/mol. The molecule has 5 nitrogen and oxygen atoms in total. The quantitative estimate of drug-likeness (QED) is 0.850. The predicted octanol–water partition coefficient (Wildman–Crippen LogP) is 1.72. The number of hydrogen-bond donors (Lipinski definition) is 2. The summed E-state index contributed by atoms with van der Waals surface area (Å²) in [6, 6.07) is 0.0833. The Balaban J connectivity index is 2.48. The van der Waals surface area contributed by atoms with Crippen molar-refractivity contribution < 1.29 is 4.79 Å². The fourth-order valence-electron chi connectivity index (χ4n) is 1.48. The molecule has 2 aromatic rings. The van der Waals surface area contributed by atoms with Crippen LogP contribution in [0.15, 0.2) is 6.20 Å². The van der Waals surface area contributed by atoms with Crippen LogP contribution in [0.25, 0.3) is 10.2 Å². The number of amides is 1. The number of aryl methyl sites for hydroxylation is 1. The molecule has 6 heteroatoms. The van der Waals surface area contributed by atoms with Crippen molar-refractivity contribution in [3.05, 3.63) is 16.9 Å².